The Kier molecular flexibility index (Phi) is 26.6. The second-order valence-electron chi connectivity index (χ2n) is 26.1. The Hall–Kier alpha value is -17.4. The van der Waals surface area contributed by atoms with Crippen LogP contribution in [0.25, 0.3) is 118 Å². The Morgan fingerprint density at radius 1 is 0.289 bits per heavy atom. The smallest absolute Gasteiger partial charge is 0.349 e. The minimum absolute atomic E-state index is 0.0410. The van der Waals surface area contributed by atoms with Crippen molar-refractivity contribution in [3.05, 3.63) is 382 Å². The van der Waals surface area contributed by atoms with Gasteiger partial charge in [-0.3, -0.25) is 28.8 Å². The van der Waals surface area contributed by atoms with E-state index in [1.807, 2.05) is 109 Å². The predicted octanol–water partition coefficient (Wildman–Crippen LogP) is 15.1. The summed E-state index contributed by atoms with van der Waals surface area (Å²) in [5.41, 5.74) is 8.39. The van der Waals surface area contributed by atoms with Crippen molar-refractivity contribution in [2.24, 2.45) is 0 Å². The lowest BCUT2D eigenvalue weighted by Crippen LogP contribution is -2.23. The molecule has 2 aliphatic carbocycles. The molecule has 0 aromatic heterocycles. The first-order valence-corrected chi connectivity index (χ1v) is 36.5. The second-order valence-corrected chi connectivity index (χ2v) is 26.1. The van der Waals surface area contributed by atoms with Crippen LogP contribution in [-0.4, -0.2) is 96.3 Å². The zero-order chi connectivity index (χ0) is 86.7. The highest BCUT2D eigenvalue weighted by atomic mass is 16.6. The number of hydrogen-bond donors (Lipinski definition) is 0. The van der Waals surface area contributed by atoms with E-state index in [2.05, 4.69) is 24.2 Å². The molecule has 3 aliphatic rings. The molecule has 0 spiro atoms. The van der Waals surface area contributed by atoms with E-state index in [1.165, 1.54) is 42.7 Å². The van der Waals surface area contributed by atoms with E-state index < -0.39 is 41.8 Å². The summed E-state index contributed by atoms with van der Waals surface area (Å²) in [5, 5.41) is 25.3. The lowest BCUT2D eigenvalue weighted by atomic mass is 9.80. The molecule has 121 heavy (non-hydrogen) atoms. The number of hydrogen-bond acceptors (Lipinski definition) is 18. The number of para-hydroxylation sites is 2. The SMILES string of the molecule is CC(C)OC(=O)C(C#N)=C1c2ccccc2-c2ccccc21.[C-]#[N+]C(C(=O)OC)=C1c2ccccc2C(=O)c2ccccc21.[C-]#[N+]C(C(=O)OC)=C1c2ccccc2Oc2ccccc21.[C-]#[N+]C(C(=O)OC)=c1c2ccccc2c(=C(C#N)C(=O)OC)c2ccccc12.[C-]#[N+]C(C(=O)OC)=c1c2ccccc2c(=C([N+]#[C-])C(=O)OC)c2ccccc12. The molecule has 0 saturated carbocycles. The molecule has 12 aromatic rings. The first kappa shape index (κ1) is 84.5. The first-order chi connectivity index (χ1) is 58.7. The maximum atomic E-state index is 12.6. The molecule has 0 unspecified atom stereocenters. The molecule has 1 heterocycles. The van der Waals surface area contributed by atoms with E-state index in [-0.39, 0.29) is 51.5 Å². The Bertz CT molecular complexity index is 6430. The van der Waals surface area contributed by atoms with Gasteiger partial charge in [0, 0.05) is 59.8 Å². The fourth-order valence-electron chi connectivity index (χ4n) is 14.2. The number of nitriles is 2. The van der Waals surface area contributed by atoms with Crippen LogP contribution in [0.4, 0.5) is 0 Å². The van der Waals surface area contributed by atoms with Crippen molar-refractivity contribution in [1.82, 2.24) is 0 Å². The van der Waals surface area contributed by atoms with Crippen LogP contribution >= 0.6 is 0 Å². The Morgan fingerprint density at radius 3 is 0.793 bits per heavy atom. The fraction of sp³-hybridized carbons (Fsp3) is 0.0918. The quantitative estimate of drug-likeness (QED) is 0.0341. The van der Waals surface area contributed by atoms with Crippen molar-refractivity contribution in [3.8, 4) is 34.8 Å². The van der Waals surface area contributed by atoms with E-state index in [0.29, 0.717) is 126 Å². The first-order valence-electron chi connectivity index (χ1n) is 36.5. The third-order valence-electron chi connectivity index (χ3n) is 19.3. The maximum absolute atomic E-state index is 12.6. The molecule has 23 nitrogen and oxygen atoms in total. The molecule has 0 saturated heterocycles. The minimum atomic E-state index is -0.757. The summed E-state index contributed by atoms with van der Waals surface area (Å²) in [5.74, 6) is -3.80. The number of ether oxygens (including phenoxy) is 8. The van der Waals surface area contributed by atoms with Crippen LogP contribution in [0.5, 0.6) is 11.5 Å². The number of methoxy groups -OCH3 is 6. The summed E-state index contributed by atoms with van der Waals surface area (Å²) in [6, 6.07) is 76.2. The predicted molar refractivity (Wildman–Crippen MR) is 452 cm³/mol. The van der Waals surface area contributed by atoms with Crippen LogP contribution in [0.3, 0.4) is 0 Å². The number of rotatable bonds is 8. The molecule has 0 radical (unpaired) electrons. The van der Waals surface area contributed by atoms with Gasteiger partial charge < -0.3 is 37.9 Å². The van der Waals surface area contributed by atoms with Gasteiger partial charge in [-0.2, -0.15) is 10.5 Å². The lowest BCUT2D eigenvalue weighted by Gasteiger charge is -2.23. The summed E-state index contributed by atoms with van der Waals surface area (Å²) in [4.78, 5) is 115. The standard InChI is InChI=1S/2C22H14N2O4.C19H15NO2.C18H11NO3.C17H11NO3/c1-23-19(21(25)27-3)17-13-9-5-7-11-15(13)18(20(24-2)22(26)28-4)16-12-8-6-10-14(16)17;1-24-20(22(26)28-3)19-15-10-6-4-8-13(15)18(17(12-23)21(25)27-2)14-9-5-7-11-16(14)19;1-12(2)22-19(21)17(11-20)18-15-9-5-3-7-13(15)14-8-4-6-10-16(14)18;1-19-16(18(21)22-2)15-11-7-3-5-9-13(11)17(20)14-10-6-4-8-12(14)15;1-18-16(17(19)20-2)15-11-7-3-5-9-13(11)21-14-10-6-4-8-12(14)15/h5-12H,3-4H3;4-11H,2-3H3;3-10,12H,1-2H3;3-10H,2H3;3-10H,2H3. The van der Waals surface area contributed by atoms with Gasteiger partial charge in [-0.1, -0.05) is 231 Å². The molecule has 0 N–H and O–H groups in total. The van der Waals surface area contributed by atoms with E-state index in [1.54, 1.807) is 159 Å². The van der Waals surface area contributed by atoms with E-state index >= 15 is 0 Å². The van der Waals surface area contributed by atoms with Crippen LogP contribution in [-0.2, 0) is 66.7 Å². The van der Waals surface area contributed by atoms with Crippen molar-refractivity contribution in [2.75, 3.05) is 42.7 Å². The molecule has 23 heteroatoms. The monoisotopic (exact) mass is 1600 g/mol. The molecule has 15 rings (SSSR count). The van der Waals surface area contributed by atoms with Crippen LogP contribution in [0.1, 0.15) is 63.1 Å². The number of esters is 7. The minimum Gasteiger partial charge on any atom is -0.474 e. The highest BCUT2D eigenvalue weighted by Gasteiger charge is 2.34. The molecule has 0 amide bonds. The highest BCUT2D eigenvalue weighted by molar-refractivity contribution is 6.24. The summed E-state index contributed by atoms with van der Waals surface area (Å²) in [7, 11) is 7.36. The zero-order valence-corrected chi connectivity index (χ0v) is 65.8. The number of carbonyl (C=O) groups is 8. The molecule has 0 fully saturated rings. The van der Waals surface area contributed by atoms with Crippen molar-refractivity contribution in [1.29, 1.82) is 10.5 Å². The number of ketones is 1. The summed E-state index contributed by atoms with van der Waals surface area (Å²) in [6.45, 7) is 40.8. The maximum Gasteiger partial charge on any atom is 0.349 e. The normalized spacial score (nSPS) is 10.9. The van der Waals surface area contributed by atoms with Crippen molar-refractivity contribution in [2.45, 2.75) is 20.0 Å². The molecule has 0 atom stereocenters. The van der Waals surface area contributed by atoms with Gasteiger partial charge in [0.15, 0.2) is 5.78 Å². The zero-order valence-electron chi connectivity index (χ0n) is 65.8. The average molecular weight is 1600 g/mol. The molecular formula is C98H65N7O16. The van der Waals surface area contributed by atoms with E-state index in [4.69, 9.17) is 70.8 Å². The van der Waals surface area contributed by atoms with Crippen molar-refractivity contribution < 1.29 is 76.3 Å². The van der Waals surface area contributed by atoms with Gasteiger partial charge in [-0.25, -0.2) is 33.8 Å². The highest BCUT2D eigenvalue weighted by Crippen LogP contribution is 2.47. The molecular weight excluding hydrogens is 1530 g/mol. The summed E-state index contributed by atoms with van der Waals surface area (Å²) < 4.78 is 39.7. The molecule has 12 aromatic carbocycles. The number of carbonyl (C=O) groups excluding carboxylic acids is 8. The van der Waals surface area contributed by atoms with Gasteiger partial charge in [0.05, 0.1) is 81.6 Å². The van der Waals surface area contributed by atoms with Crippen LogP contribution in [0, 0.1) is 55.5 Å². The number of benzene rings is 12. The number of nitrogens with zero attached hydrogens (tertiary/aromatic N) is 7. The topological polar surface area (TPSA) is 280 Å². The summed E-state index contributed by atoms with van der Waals surface area (Å²) in [6.07, 6.45) is -0.261. The Balaban J connectivity index is 0.000000148. The third kappa shape index (κ3) is 16.5. The fourth-order valence-corrected chi connectivity index (χ4v) is 14.2. The van der Waals surface area contributed by atoms with E-state index in [0.717, 1.165) is 22.3 Å². The van der Waals surface area contributed by atoms with Gasteiger partial charge in [0.2, 0.25) is 0 Å². The molecule has 0 bridgehead atoms. The van der Waals surface area contributed by atoms with Gasteiger partial charge in [0.1, 0.15) is 34.8 Å². The van der Waals surface area contributed by atoms with Crippen molar-refractivity contribution in [3.63, 3.8) is 0 Å². The van der Waals surface area contributed by atoms with Crippen LogP contribution in [0.2, 0.25) is 0 Å². The van der Waals surface area contributed by atoms with Gasteiger partial charge in [0.25, 0.3) is 28.5 Å². The second kappa shape index (κ2) is 38.1. The van der Waals surface area contributed by atoms with Crippen LogP contribution < -0.4 is 25.6 Å². The van der Waals surface area contributed by atoms with Gasteiger partial charge in [-0.05, 0) is 102 Å². The summed E-state index contributed by atoms with van der Waals surface area (Å²) >= 11 is 0. The molecule has 588 valence electrons. The van der Waals surface area contributed by atoms with Crippen LogP contribution in [0.15, 0.2) is 260 Å². The number of fused-ring (bicyclic) bond motifs is 11. The largest absolute Gasteiger partial charge is 0.474 e. The van der Waals surface area contributed by atoms with Gasteiger partial charge >= 0.3 is 41.8 Å². The van der Waals surface area contributed by atoms with Crippen molar-refractivity contribution >= 4 is 130 Å². The average Bonchev–Trinajstić information content (AvgIpc) is 1.53. The van der Waals surface area contributed by atoms with Gasteiger partial charge in [-0.15, -0.1) is 0 Å². The third-order valence-corrected chi connectivity index (χ3v) is 19.3. The lowest BCUT2D eigenvalue weighted by molar-refractivity contribution is -0.142. The molecule has 1 aliphatic heterocycles. The van der Waals surface area contributed by atoms with E-state index in [9.17, 15) is 48.9 Å². The Labute approximate surface area is 692 Å². The Morgan fingerprint density at radius 2 is 0.521 bits per heavy atom.